The third kappa shape index (κ3) is 5.47. The lowest BCUT2D eigenvalue weighted by Gasteiger charge is -2.14. The number of rotatable bonds is 6. The first-order valence-corrected chi connectivity index (χ1v) is 6.53. The van der Waals surface area contributed by atoms with E-state index in [4.69, 9.17) is 0 Å². The van der Waals surface area contributed by atoms with Crippen LogP contribution in [0.1, 0.15) is 20.3 Å². The van der Waals surface area contributed by atoms with Crippen molar-refractivity contribution in [3.05, 3.63) is 34.4 Å². The average Bonchev–Trinajstić information content (AvgIpc) is 2.45. The number of amides is 3. The second kappa shape index (κ2) is 7.83. The number of hydrogen-bond donors (Lipinski definition) is 3. The third-order valence-electron chi connectivity index (χ3n) is 2.63. The van der Waals surface area contributed by atoms with Crippen LogP contribution in [0, 0.1) is 10.1 Å². The molecule has 1 rings (SSSR count). The lowest BCUT2D eigenvalue weighted by Crippen LogP contribution is -2.46. The van der Waals surface area contributed by atoms with Crippen LogP contribution in [0.4, 0.5) is 16.2 Å². The molecular weight excluding hydrogens is 276 g/mol. The van der Waals surface area contributed by atoms with Gasteiger partial charge < -0.3 is 16.0 Å². The maximum Gasteiger partial charge on any atom is 0.319 e. The van der Waals surface area contributed by atoms with Crippen LogP contribution in [0.25, 0.3) is 0 Å². The Morgan fingerprint density at radius 1 is 1.29 bits per heavy atom. The summed E-state index contributed by atoms with van der Waals surface area (Å²) < 4.78 is 0. The molecule has 0 saturated carbocycles. The summed E-state index contributed by atoms with van der Waals surface area (Å²) in [4.78, 5) is 33.2. The quantitative estimate of drug-likeness (QED) is 0.546. The number of non-ortho nitro benzene ring substituents is 1. The van der Waals surface area contributed by atoms with E-state index in [1.54, 1.807) is 6.92 Å². The lowest BCUT2D eigenvalue weighted by atomic mass is 10.3. The number of urea groups is 1. The van der Waals surface area contributed by atoms with Crippen LogP contribution in [-0.2, 0) is 4.79 Å². The SMILES string of the molecule is CCCNC(=O)[C@H](C)NC(=O)Nc1ccc([N+](=O)[O-])cc1. The van der Waals surface area contributed by atoms with Crippen LogP contribution in [0.15, 0.2) is 24.3 Å². The van der Waals surface area contributed by atoms with Gasteiger partial charge in [-0.2, -0.15) is 0 Å². The molecule has 21 heavy (non-hydrogen) atoms. The number of carbonyl (C=O) groups is 2. The first-order valence-electron chi connectivity index (χ1n) is 6.53. The minimum atomic E-state index is -0.672. The van der Waals surface area contributed by atoms with Crippen LogP contribution in [-0.4, -0.2) is 29.4 Å². The number of hydrogen-bond acceptors (Lipinski definition) is 4. The van der Waals surface area contributed by atoms with Crippen molar-refractivity contribution in [2.75, 3.05) is 11.9 Å². The number of nitro groups is 1. The summed E-state index contributed by atoms with van der Waals surface area (Å²) in [6.45, 7) is 4.05. The summed E-state index contributed by atoms with van der Waals surface area (Å²) in [5.41, 5.74) is 0.340. The summed E-state index contributed by atoms with van der Waals surface area (Å²) in [6.07, 6.45) is 0.813. The van der Waals surface area contributed by atoms with Gasteiger partial charge in [-0.1, -0.05) is 6.92 Å². The van der Waals surface area contributed by atoms with E-state index in [1.165, 1.54) is 24.3 Å². The Morgan fingerprint density at radius 3 is 2.43 bits per heavy atom. The number of nitro benzene ring substituents is 1. The average molecular weight is 294 g/mol. The molecule has 0 radical (unpaired) electrons. The Labute approximate surface area is 122 Å². The molecule has 0 spiro atoms. The highest BCUT2D eigenvalue weighted by atomic mass is 16.6. The van der Waals surface area contributed by atoms with Gasteiger partial charge in [-0.25, -0.2) is 4.79 Å². The number of carbonyl (C=O) groups excluding carboxylic acids is 2. The van der Waals surface area contributed by atoms with E-state index >= 15 is 0 Å². The van der Waals surface area contributed by atoms with Gasteiger partial charge in [0.2, 0.25) is 5.91 Å². The standard InChI is InChI=1S/C13H18N4O4/c1-3-8-14-12(18)9(2)15-13(19)16-10-4-6-11(7-5-10)17(20)21/h4-7,9H,3,8H2,1-2H3,(H,14,18)(H2,15,16,19)/t9-/m0/s1. The van der Waals surface area contributed by atoms with Crippen LogP contribution in [0.2, 0.25) is 0 Å². The van der Waals surface area contributed by atoms with Crippen molar-refractivity contribution in [1.29, 1.82) is 0 Å². The van der Waals surface area contributed by atoms with Crippen LogP contribution in [0.3, 0.4) is 0 Å². The Balaban J connectivity index is 2.49. The summed E-state index contributed by atoms with van der Waals surface area (Å²) in [6, 6.07) is 4.18. The summed E-state index contributed by atoms with van der Waals surface area (Å²) in [7, 11) is 0. The van der Waals surface area contributed by atoms with E-state index in [2.05, 4.69) is 16.0 Å². The van der Waals surface area contributed by atoms with Gasteiger partial charge in [0.25, 0.3) is 5.69 Å². The maximum atomic E-state index is 11.7. The molecule has 0 saturated heterocycles. The predicted molar refractivity (Wildman–Crippen MR) is 78.0 cm³/mol. The van der Waals surface area contributed by atoms with E-state index in [1.807, 2.05) is 6.92 Å². The Morgan fingerprint density at radius 2 is 1.90 bits per heavy atom. The summed E-state index contributed by atoms with van der Waals surface area (Å²) in [5, 5.41) is 18.1. The molecule has 8 heteroatoms. The van der Waals surface area contributed by atoms with Crippen molar-refractivity contribution in [2.24, 2.45) is 0 Å². The minimum absolute atomic E-state index is 0.0618. The molecule has 3 amide bonds. The van der Waals surface area contributed by atoms with Gasteiger partial charge in [0.15, 0.2) is 0 Å². The van der Waals surface area contributed by atoms with Crippen molar-refractivity contribution in [3.8, 4) is 0 Å². The van der Waals surface area contributed by atoms with E-state index in [9.17, 15) is 19.7 Å². The second-order valence-corrected chi connectivity index (χ2v) is 4.42. The molecule has 0 unspecified atom stereocenters. The number of benzene rings is 1. The maximum absolute atomic E-state index is 11.7. The molecule has 0 bridgehead atoms. The van der Waals surface area contributed by atoms with Gasteiger partial charge >= 0.3 is 6.03 Å². The van der Waals surface area contributed by atoms with Gasteiger partial charge in [0.1, 0.15) is 6.04 Å². The second-order valence-electron chi connectivity index (χ2n) is 4.42. The van der Waals surface area contributed by atoms with Gasteiger partial charge in [-0.05, 0) is 25.5 Å². The molecule has 0 heterocycles. The van der Waals surface area contributed by atoms with Crippen molar-refractivity contribution in [1.82, 2.24) is 10.6 Å². The third-order valence-corrected chi connectivity index (χ3v) is 2.63. The summed E-state index contributed by atoms with van der Waals surface area (Å²) in [5.74, 6) is -0.268. The molecule has 114 valence electrons. The van der Waals surface area contributed by atoms with Gasteiger partial charge in [-0.3, -0.25) is 14.9 Å². The van der Waals surface area contributed by atoms with Crippen LogP contribution >= 0.6 is 0 Å². The van der Waals surface area contributed by atoms with Crippen molar-refractivity contribution >= 4 is 23.3 Å². The fourth-order valence-electron chi connectivity index (χ4n) is 1.50. The molecule has 1 atom stereocenters. The molecule has 3 N–H and O–H groups in total. The Kier molecular flexibility index (Phi) is 6.12. The zero-order valence-electron chi connectivity index (χ0n) is 11.9. The first kappa shape index (κ1) is 16.4. The van der Waals surface area contributed by atoms with Gasteiger partial charge in [-0.15, -0.1) is 0 Å². The van der Waals surface area contributed by atoms with Crippen molar-refractivity contribution < 1.29 is 14.5 Å². The van der Waals surface area contributed by atoms with E-state index in [0.717, 1.165) is 6.42 Å². The highest BCUT2D eigenvalue weighted by Gasteiger charge is 2.15. The fourth-order valence-corrected chi connectivity index (χ4v) is 1.50. The molecule has 0 aromatic heterocycles. The smallest absolute Gasteiger partial charge is 0.319 e. The predicted octanol–water partition coefficient (Wildman–Crippen LogP) is 1.63. The zero-order valence-corrected chi connectivity index (χ0v) is 11.9. The van der Waals surface area contributed by atoms with E-state index < -0.39 is 17.0 Å². The fraction of sp³-hybridized carbons (Fsp3) is 0.385. The Hall–Kier alpha value is -2.64. The minimum Gasteiger partial charge on any atom is -0.354 e. The lowest BCUT2D eigenvalue weighted by molar-refractivity contribution is -0.384. The monoisotopic (exact) mass is 294 g/mol. The molecule has 0 aliphatic rings. The van der Waals surface area contributed by atoms with Crippen LogP contribution < -0.4 is 16.0 Å². The van der Waals surface area contributed by atoms with Crippen molar-refractivity contribution in [2.45, 2.75) is 26.3 Å². The molecule has 0 aliphatic heterocycles. The largest absolute Gasteiger partial charge is 0.354 e. The Bertz CT molecular complexity index is 515. The topological polar surface area (TPSA) is 113 Å². The summed E-state index contributed by atoms with van der Waals surface area (Å²) >= 11 is 0. The number of nitrogens with zero attached hydrogens (tertiary/aromatic N) is 1. The van der Waals surface area contributed by atoms with Crippen molar-refractivity contribution in [3.63, 3.8) is 0 Å². The van der Waals surface area contributed by atoms with Crippen LogP contribution in [0.5, 0.6) is 0 Å². The highest BCUT2D eigenvalue weighted by Crippen LogP contribution is 2.15. The van der Waals surface area contributed by atoms with Gasteiger partial charge in [0.05, 0.1) is 4.92 Å². The normalized spacial score (nSPS) is 11.3. The zero-order chi connectivity index (χ0) is 15.8. The van der Waals surface area contributed by atoms with Gasteiger partial charge in [0, 0.05) is 24.4 Å². The highest BCUT2D eigenvalue weighted by molar-refractivity contribution is 5.93. The van der Waals surface area contributed by atoms with E-state index in [0.29, 0.717) is 12.2 Å². The number of nitrogens with one attached hydrogen (secondary N) is 3. The molecular formula is C13H18N4O4. The molecule has 1 aromatic carbocycles. The van der Waals surface area contributed by atoms with E-state index in [-0.39, 0.29) is 11.6 Å². The number of anilines is 1. The molecule has 1 aromatic rings. The molecule has 8 nitrogen and oxygen atoms in total. The molecule has 0 aliphatic carbocycles. The molecule has 0 fully saturated rings. The first-order chi connectivity index (χ1) is 9.93.